The fourth-order valence-corrected chi connectivity index (χ4v) is 2.67. The van der Waals surface area contributed by atoms with E-state index < -0.39 is 0 Å². The van der Waals surface area contributed by atoms with E-state index in [1.54, 1.807) is 0 Å². The molecule has 18 heavy (non-hydrogen) atoms. The molecular formula is C14H22N2O2. The largest absolute Gasteiger partial charge is 0.370 e. The fourth-order valence-electron chi connectivity index (χ4n) is 2.67. The van der Waals surface area contributed by atoms with Gasteiger partial charge in [0.25, 0.3) is 0 Å². The van der Waals surface area contributed by atoms with Crippen molar-refractivity contribution >= 4 is 11.8 Å². The van der Waals surface area contributed by atoms with Gasteiger partial charge in [-0.1, -0.05) is 30.7 Å². The Hall–Kier alpha value is -1.58. The number of allylic oxidation sites excluding steroid dienone is 4. The van der Waals surface area contributed by atoms with Crippen molar-refractivity contribution in [2.24, 2.45) is 22.8 Å². The van der Waals surface area contributed by atoms with Gasteiger partial charge < -0.3 is 11.5 Å². The third-order valence-corrected chi connectivity index (χ3v) is 3.57. The molecule has 0 spiro atoms. The smallest absolute Gasteiger partial charge is 0.221 e. The minimum absolute atomic E-state index is 0.248. The lowest BCUT2D eigenvalue weighted by atomic mass is 9.68. The van der Waals surface area contributed by atoms with Gasteiger partial charge in [0, 0.05) is 17.8 Å². The van der Waals surface area contributed by atoms with Crippen molar-refractivity contribution in [1.82, 2.24) is 0 Å². The average molecular weight is 250 g/mol. The molecule has 2 atom stereocenters. The second kappa shape index (κ2) is 5.85. The standard InChI is InChI=1S/C14H22N2O2/c1-10-5-4-8-14(2,9-10)11(13(16)18)6-3-7-12(15)17/h4-5,8,11H,3,6-7,9H2,1-2H3,(H2,15,17)(H2,16,18). The summed E-state index contributed by atoms with van der Waals surface area (Å²) in [5.74, 6) is -0.892. The van der Waals surface area contributed by atoms with Gasteiger partial charge in [0.05, 0.1) is 0 Å². The van der Waals surface area contributed by atoms with Gasteiger partial charge in [-0.2, -0.15) is 0 Å². The Balaban J connectivity index is 2.73. The Morgan fingerprint density at radius 2 is 2.11 bits per heavy atom. The SMILES string of the molecule is CC1=CC=CC(C)(C(CCCC(N)=O)C(N)=O)C1. The second-order valence-corrected chi connectivity index (χ2v) is 5.37. The third kappa shape index (κ3) is 3.72. The van der Waals surface area contributed by atoms with E-state index in [4.69, 9.17) is 11.5 Å². The molecule has 0 aliphatic heterocycles. The van der Waals surface area contributed by atoms with Crippen LogP contribution in [-0.4, -0.2) is 11.8 Å². The summed E-state index contributed by atoms with van der Waals surface area (Å²) < 4.78 is 0. The molecule has 0 bridgehead atoms. The van der Waals surface area contributed by atoms with E-state index in [0.29, 0.717) is 19.3 Å². The number of primary amides is 2. The van der Waals surface area contributed by atoms with Crippen molar-refractivity contribution in [1.29, 1.82) is 0 Å². The summed E-state index contributed by atoms with van der Waals surface area (Å²) in [5, 5.41) is 0. The van der Waals surface area contributed by atoms with E-state index in [9.17, 15) is 9.59 Å². The molecule has 4 N–H and O–H groups in total. The Labute approximate surface area is 108 Å². The van der Waals surface area contributed by atoms with E-state index in [1.165, 1.54) is 5.57 Å². The Morgan fingerprint density at radius 3 is 2.61 bits per heavy atom. The summed E-state index contributed by atoms with van der Waals surface area (Å²) in [4.78, 5) is 22.4. The summed E-state index contributed by atoms with van der Waals surface area (Å²) in [5.41, 5.74) is 11.6. The van der Waals surface area contributed by atoms with Crippen molar-refractivity contribution < 1.29 is 9.59 Å². The summed E-state index contributed by atoms with van der Waals surface area (Å²) in [7, 11) is 0. The Kier molecular flexibility index (Phi) is 4.70. The summed E-state index contributed by atoms with van der Waals surface area (Å²) in [6, 6.07) is 0. The lowest BCUT2D eigenvalue weighted by molar-refractivity contribution is -0.125. The number of hydrogen-bond donors (Lipinski definition) is 2. The molecule has 1 rings (SSSR count). The molecule has 1 aliphatic rings. The molecule has 2 amide bonds. The normalized spacial score (nSPS) is 24.4. The predicted molar refractivity (Wildman–Crippen MR) is 71.4 cm³/mol. The molecule has 4 heteroatoms. The van der Waals surface area contributed by atoms with Gasteiger partial charge in [-0.25, -0.2) is 0 Å². The monoisotopic (exact) mass is 250 g/mol. The minimum atomic E-state index is -0.335. The van der Waals surface area contributed by atoms with Gasteiger partial charge in [-0.05, 0) is 26.2 Å². The third-order valence-electron chi connectivity index (χ3n) is 3.57. The van der Waals surface area contributed by atoms with Gasteiger partial charge >= 0.3 is 0 Å². The fraction of sp³-hybridized carbons (Fsp3) is 0.571. The molecular weight excluding hydrogens is 228 g/mol. The van der Waals surface area contributed by atoms with Crippen LogP contribution < -0.4 is 11.5 Å². The number of hydrogen-bond acceptors (Lipinski definition) is 2. The van der Waals surface area contributed by atoms with Crippen LogP contribution in [0.2, 0.25) is 0 Å². The molecule has 1 aliphatic carbocycles. The molecule has 0 saturated carbocycles. The number of amides is 2. The molecule has 0 aromatic carbocycles. The lowest BCUT2D eigenvalue weighted by Gasteiger charge is -2.35. The van der Waals surface area contributed by atoms with Crippen LogP contribution in [0.15, 0.2) is 23.8 Å². The predicted octanol–water partition coefficient (Wildman–Crippen LogP) is 1.66. The van der Waals surface area contributed by atoms with Crippen molar-refractivity contribution in [2.75, 3.05) is 0 Å². The maximum absolute atomic E-state index is 11.6. The zero-order chi connectivity index (χ0) is 13.8. The molecule has 0 fully saturated rings. The van der Waals surface area contributed by atoms with Gasteiger partial charge in [0.2, 0.25) is 11.8 Å². The lowest BCUT2D eigenvalue weighted by Crippen LogP contribution is -2.37. The highest BCUT2D eigenvalue weighted by atomic mass is 16.1. The maximum Gasteiger partial charge on any atom is 0.221 e. The first-order valence-electron chi connectivity index (χ1n) is 6.28. The number of rotatable bonds is 6. The number of carbonyl (C=O) groups excluding carboxylic acids is 2. The molecule has 2 unspecified atom stereocenters. The van der Waals surface area contributed by atoms with Gasteiger partial charge in [-0.3, -0.25) is 9.59 Å². The van der Waals surface area contributed by atoms with Crippen LogP contribution in [0.1, 0.15) is 39.5 Å². The van der Waals surface area contributed by atoms with E-state index in [2.05, 4.69) is 0 Å². The first-order valence-corrected chi connectivity index (χ1v) is 6.28. The zero-order valence-electron chi connectivity index (χ0n) is 11.1. The number of nitrogens with two attached hydrogens (primary N) is 2. The summed E-state index contributed by atoms with van der Waals surface area (Å²) in [6.07, 6.45) is 8.40. The van der Waals surface area contributed by atoms with Crippen LogP contribution in [0.4, 0.5) is 0 Å². The van der Waals surface area contributed by atoms with E-state index in [-0.39, 0.29) is 23.1 Å². The highest BCUT2D eigenvalue weighted by molar-refractivity contribution is 5.78. The van der Waals surface area contributed by atoms with E-state index in [0.717, 1.165) is 6.42 Å². The molecule has 0 saturated heterocycles. The van der Waals surface area contributed by atoms with E-state index >= 15 is 0 Å². The topological polar surface area (TPSA) is 86.2 Å². The second-order valence-electron chi connectivity index (χ2n) is 5.37. The first kappa shape index (κ1) is 14.5. The van der Waals surface area contributed by atoms with Crippen molar-refractivity contribution in [2.45, 2.75) is 39.5 Å². The van der Waals surface area contributed by atoms with Crippen LogP contribution in [0.25, 0.3) is 0 Å². The van der Waals surface area contributed by atoms with Gasteiger partial charge in [0.15, 0.2) is 0 Å². The van der Waals surface area contributed by atoms with Gasteiger partial charge in [0.1, 0.15) is 0 Å². The number of carbonyl (C=O) groups is 2. The molecule has 4 nitrogen and oxygen atoms in total. The summed E-state index contributed by atoms with van der Waals surface area (Å²) in [6.45, 7) is 4.09. The van der Waals surface area contributed by atoms with E-state index in [1.807, 2.05) is 32.1 Å². The van der Waals surface area contributed by atoms with Crippen LogP contribution >= 0.6 is 0 Å². The molecule has 0 heterocycles. The van der Waals surface area contributed by atoms with Crippen LogP contribution in [0.5, 0.6) is 0 Å². The maximum atomic E-state index is 11.6. The highest BCUT2D eigenvalue weighted by Gasteiger charge is 2.36. The van der Waals surface area contributed by atoms with Gasteiger partial charge in [-0.15, -0.1) is 0 Å². The summed E-state index contributed by atoms with van der Waals surface area (Å²) >= 11 is 0. The zero-order valence-corrected chi connectivity index (χ0v) is 11.1. The Bertz CT molecular complexity index is 399. The van der Waals surface area contributed by atoms with Crippen molar-refractivity contribution in [3.05, 3.63) is 23.8 Å². The average Bonchev–Trinajstić information content (AvgIpc) is 2.22. The molecule has 0 aromatic rings. The Morgan fingerprint density at radius 1 is 1.44 bits per heavy atom. The van der Waals surface area contributed by atoms with Crippen LogP contribution in [0, 0.1) is 11.3 Å². The molecule has 0 aromatic heterocycles. The minimum Gasteiger partial charge on any atom is -0.370 e. The molecule has 100 valence electrons. The molecule has 0 radical (unpaired) electrons. The van der Waals surface area contributed by atoms with Crippen molar-refractivity contribution in [3.8, 4) is 0 Å². The van der Waals surface area contributed by atoms with Crippen LogP contribution in [-0.2, 0) is 9.59 Å². The first-order chi connectivity index (χ1) is 8.35. The van der Waals surface area contributed by atoms with Crippen molar-refractivity contribution in [3.63, 3.8) is 0 Å². The quantitative estimate of drug-likeness (QED) is 0.751. The highest BCUT2D eigenvalue weighted by Crippen LogP contribution is 2.40. The van der Waals surface area contributed by atoms with Crippen LogP contribution in [0.3, 0.4) is 0 Å².